The second-order valence-corrected chi connectivity index (χ2v) is 11.0. The van der Waals surface area contributed by atoms with Crippen molar-refractivity contribution in [3.05, 3.63) is 107 Å². The topological polar surface area (TPSA) is 123 Å². The van der Waals surface area contributed by atoms with E-state index in [-0.39, 0.29) is 54.9 Å². The summed E-state index contributed by atoms with van der Waals surface area (Å²) in [5.41, 5.74) is 2.19. The highest BCUT2D eigenvalue weighted by Crippen LogP contribution is 2.16. The van der Waals surface area contributed by atoms with Gasteiger partial charge < -0.3 is 25.4 Å². The van der Waals surface area contributed by atoms with Gasteiger partial charge in [0.15, 0.2) is 5.78 Å². The van der Waals surface area contributed by atoms with Crippen molar-refractivity contribution >= 4 is 23.9 Å². The Morgan fingerprint density at radius 1 is 0.605 bits per heavy atom. The van der Waals surface area contributed by atoms with E-state index in [1.54, 1.807) is 24.3 Å². The molecular weight excluding hydrogens is 546 g/mol. The number of benzene rings is 3. The third kappa shape index (κ3) is 10.9. The maximum Gasteiger partial charge on any atom is 0.407 e. The summed E-state index contributed by atoms with van der Waals surface area (Å²) >= 11 is 0. The Hall–Kier alpha value is -4.66. The van der Waals surface area contributed by atoms with Crippen LogP contribution in [0.4, 0.5) is 9.59 Å². The summed E-state index contributed by atoms with van der Waals surface area (Å²) in [6.07, 6.45) is -1.20. The van der Waals surface area contributed by atoms with Crippen LogP contribution in [0.15, 0.2) is 84.9 Å². The highest BCUT2D eigenvalue weighted by Gasteiger charge is 2.25. The second-order valence-electron chi connectivity index (χ2n) is 11.0. The Bertz CT molecular complexity index is 1340. The number of ketones is 1. The summed E-state index contributed by atoms with van der Waals surface area (Å²) < 4.78 is 10.7. The number of alkyl carbamates (subject to hydrolysis) is 2. The lowest BCUT2D eigenvalue weighted by Crippen LogP contribution is -2.47. The molecule has 0 fully saturated rings. The van der Waals surface area contributed by atoms with Crippen LogP contribution in [0.25, 0.3) is 0 Å². The average molecular weight is 588 g/mol. The molecule has 3 aromatic carbocycles. The van der Waals surface area contributed by atoms with Crippen LogP contribution >= 0.6 is 0 Å². The number of hydrogen-bond acceptors (Lipinski definition) is 6. The van der Waals surface area contributed by atoms with Gasteiger partial charge in [0.2, 0.25) is 0 Å². The number of nitrogens with one attached hydrogen (secondary N) is 3. The van der Waals surface area contributed by atoms with Crippen LogP contribution in [0.2, 0.25) is 0 Å². The van der Waals surface area contributed by atoms with E-state index in [4.69, 9.17) is 9.47 Å². The molecule has 0 saturated carbocycles. The van der Waals surface area contributed by atoms with Crippen LogP contribution < -0.4 is 16.0 Å². The first kappa shape index (κ1) is 32.8. The lowest BCUT2D eigenvalue weighted by molar-refractivity contribution is 0.0912. The number of ether oxygens (including phenoxy) is 2. The lowest BCUT2D eigenvalue weighted by Gasteiger charge is -2.23. The number of Topliss-reactive ketones (excluding diaryl/α,β-unsaturated/α-hetero) is 1. The minimum absolute atomic E-state index is 0.000900. The molecule has 2 unspecified atom stereocenters. The van der Waals surface area contributed by atoms with E-state index in [0.717, 1.165) is 11.1 Å². The third-order valence-electron chi connectivity index (χ3n) is 7.00. The molecule has 0 aromatic heterocycles. The van der Waals surface area contributed by atoms with Crippen molar-refractivity contribution in [2.24, 2.45) is 11.8 Å². The van der Waals surface area contributed by atoms with Gasteiger partial charge in [0.1, 0.15) is 13.2 Å². The molecule has 0 bridgehead atoms. The Morgan fingerprint density at radius 3 is 1.53 bits per heavy atom. The normalized spacial score (nSPS) is 12.2. The fourth-order valence-corrected chi connectivity index (χ4v) is 4.27. The highest BCUT2D eigenvalue weighted by atomic mass is 16.6. The smallest absolute Gasteiger partial charge is 0.407 e. The van der Waals surface area contributed by atoms with Gasteiger partial charge in [0, 0.05) is 24.6 Å². The van der Waals surface area contributed by atoms with E-state index in [9.17, 15) is 19.2 Å². The molecule has 0 spiro atoms. The van der Waals surface area contributed by atoms with E-state index in [0.29, 0.717) is 0 Å². The van der Waals surface area contributed by atoms with Crippen LogP contribution in [-0.2, 0) is 22.7 Å². The molecular formula is C34H41N3O6. The summed E-state index contributed by atoms with van der Waals surface area (Å²) in [5.74, 6) is -0.782. The van der Waals surface area contributed by atoms with Gasteiger partial charge in [0.05, 0.1) is 11.6 Å². The van der Waals surface area contributed by atoms with Crippen LogP contribution in [0.5, 0.6) is 0 Å². The molecule has 0 aliphatic heterocycles. The van der Waals surface area contributed by atoms with Gasteiger partial charge >= 0.3 is 12.2 Å². The third-order valence-corrected chi connectivity index (χ3v) is 7.00. The van der Waals surface area contributed by atoms with Gasteiger partial charge in [-0.25, -0.2) is 9.59 Å². The zero-order chi connectivity index (χ0) is 31.2. The fourth-order valence-electron chi connectivity index (χ4n) is 4.27. The van der Waals surface area contributed by atoms with Crippen molar-refractivity contribution in [2.75, 3.05) is 6.54 Å². The number of carbonyl (C=O) groups is 4. The molecule has 43 heavy (non-hydrogen) atoms. The largest absolute Gasteiger partial charge is 0.445 e. The van der Waals surface area contributed by atoms with Gasteiger partial charge in [-0.15, -0.1) is 0 Å². The molecule has 0 aliphatic carbocycles. The van der Waals surface area contributed by atoms with Crippen molar-refractivity contribution < 1.29 is 28.7 Å². The molecule has 2 atom stereocenters. The molecule has 0 aliphatic rings. The average Bonchev–Trinajstić information content (AvgIpc) is 3.01. The number of hydrogen-bond donors (Lipinski definition) is 3. The number of rotatable bonds is 14. The summed E-state index contributed by atoms with van der Waals surface area (Å²) in [7, 11) is 0. The van der Waals surface area contributed by atoms with Gasteiger partial charge in [-0.05, 0) is 29.0 Å². The maximum atomic E-state index is 13.4. The van der Waals surface area contributed by atoms with E-state index in [1.807, 2.05) is 88.4 Å². The molecule has 9 heteroatoms. The first-order valence-electron chi connectivity index (χ1n) is 14.5. The Morgan fingerprint density at radius 2 is 1.05 bits per heavy atom. The predicted molar refractivity (Wildman–Crippen MR) is 165 cm³/mol. The van der Waals surface area contributed by atoms with Crippen LogP contribution in [0, 0.1) is 11.8 Å². The molecule has 228 valence electrons. The van der Waals surface area contributed by atoms with E-state index in [2.05, 4.69) is 16.0 Å². The van der Waals surface area contributed by atoms with Gasteiger partial charge in [-0.2, -0.15) is 0 Å². The van der Waals surface area contributed by atoms with Crippen LogP contribution in [0.1, 0.15) is 66.0 Å². The van der Waals surface area contributed by atoms with Crippen molar-refractivity contribution in [3.8, 4) is 0 Å². The first-order chi connectivity index (χ1) is 20.6. The summed E-state index contributed by atoms with van der Waals surface area (Å²) in [5, 5.41) is 8.45. The Balaban J connectivity index is 1.57. The molecule has 3 rings (SSSR count). The molecule has 9 nitrogen and oxygen atoms in total. The van der Waals surface area contributed by atoms with Crippen molar-refractivity contribution in [3.63, 3.8) is 0 Å². The second kappa shape index (κ2) is 16.7. The number of amides is 3. The summed E-state index contributed by atoms with van der Waals surface area (Å²) in [6.45, 7) is 8.05. The van der Waals surface area contributed by atoms with E-state index in [1.165, 1.54) is 0 Å². The van der Waals surface area contributed by atoms with Gasteiger partial charge in [0.25, 0.3) is 5.91 Å². The monoisotopic (exact) mass is 587 g/mol. The van der Waals surface area contributed by atoms with Crippen LogP contribution in [0.3, 0.4) is 0 Å². The lowest BCUT2D eigenvalue weighted by atomic mass is 9.93. The Kier molecular flexibility index (Phi) is 12.8. The molecule has 3 aromatic rings. The minimum atomic E-state index is -0.615. The standard InChI is InChI=1S/C34H41N3O6/c1-23(2)29(36-33(40)42-21-25-13-7-5-8-14-25)19-31(38)27-17-11-12-18-28(27)32(39)35-20-30(24(3)4)37-34(41)43-22-26-15-9-6-10-16-26/h5-18,23-24,29-30H,19-22H2,1-4H3,(H,35,39)(H,36,40)(H,37,41). The molecule has 0 heterocycles. The van der Waals surface area contributed by atoms with E-state index >= 15 is 0 Å². The summed E-state index contributed by atoms with van der Waals surface area (Å²) in [4.78, 5) is 51.5. The van der Waals surface area contributed by atoms with Gasteiger partial charge in [-0.1, -0.05) is 107 Å². The van der Waals surface area contributed by atoms with Crippen LogP contribution in [-0.4, -0.2) is 42.5 Å². The maximum absolute atomic E-state index is 13.4. The molecule has 3 amide bonds. The van der Waals surface area contributed by atoms with Gasteiger partial charge in [-0.3, -0.25) is 9.59 Å². The van der Waals surface area contributed by atoms with Crippen molar-refractivity contribution in [1.82, 2.24) is 16.0 Å². The molecule has 3 N–H and O–H groups in total. The number of carbonyl (C=O) groups excluding carboxylic acids is 4. The van der Waals surface area contributed by atoms with Crippen molar-refractivity contribution in [2.45, 2.75) is 59.4 Å². The minimum Gasteiger partial charge on any atom is -0.445 e. The molecule has 0 saturated heterocycles. The Labute approximate surface area is 253 Å². The highest BCUT2D eigenvalue weighted by molar-refractivity contribution is 6.08. The van der Waals surface area contributed by atoms with Crippen molar-refractivity contribution in [1.29, 1.82) is 0 Å². The first-order valence-corrected chi connectivity index (χ1v) is 14.5. The fraction of sp³-hybridized carbons (Fsp3) is 0.353. The zero-order valence-corrected chi connectivity index (χ0v) is 25.2. The SMILES string of the molecule is CC(C)C(CNC(=O)c1ccccc1C(=O)CC(NC(=O)OCc1ccccc1)C(C)C)NC(=O)OCc1ccccc1. The zero-order valence-electron chi connectivity index (χ0n) is 25.2. The van der Waals surface area contributed by atoms with E-state index < -0.39 is 30.2 Å². The predicted octanol–water partition coefficient (Wildman–Crippen LogP) is 5.89. The summed E-state index contributed by atoms with van der Waals surface area (Å²) in [6, 6.07) is 24.3. The quantitative estimate of drug-likeness (QED) is 0.202. The molecule has 0 radical (unpaired) electrons.